The fourth-order valence-corrected chi connectivity index (χ4v) is 3.59. The molecule has 1 N–H and O–H groups in total. The van der Waals surface area contributed by atoms with Crippen molar-refractivity contribution in [3.8, 4) is 0 Å². The van der Waals surface area contributed by atoms with Gasteiger partial charge in [-0.3, -0.25) is 9.69 Å². The summed E-state index contributed by atoms with van der Waals surface area (Å²) in [5.41, 5.74) is 2.04. The highest BCUT2D eigenvalue weighted by Gasteiger charge is 2.25. The second-order valence-corrected chi connectivity index (χ2v) is 7.61. The highest BCUT2D eigenvalue weighted by molar-refractivity contribution is 8.00. The molecular formula is C17H26N2OS. The van der Waals surface area contributed by atoms with Crippen LogP contribution in [0.3, 0.4) is 0 Å². The van der Waals surface area contributed by atoms with Crippen LogP contribution in [0, 0.1) is 6.92 Å². The molecule has 1 aromatic rings. The van der Waals surface area contributed by atoms with Crippen molar-refractivity contribution in [3.05, 3.63) is 29.3 Å². The van der Waals surface area contributed by atoms with E-state index in [-0.39, 0.29) is 11.8 Å². The van der Waals surface area contributed by atoms with Crippen LogP contribution in [0.5, 0.6) is 0 Å². The maximum absolute atomic E-state index is 12.9. The number of Topliss-reactive ketones (excluding diaryl/α,β-unsaturated/α-hetero) is 1. The van der Waals surface area contributed by atoms with E-state index < -0.39 is 0 Å². The maximum atomic E-state index is 12.9. The zero-order valence-corrected chi connectivity index (χ0v) is 14.3. The molecular weight excluding hydrogens is 280 g/mol. The largest absolute Gasteiger partial charge is 0.314 e. The van der Waals surface area contributed by atoms with Gasteiger partial charge in [0.05, 0.1) is 6.04 Å². The molecule has 0 aliphatic carbocycles. The van der Waals surface area contributed by atoms with Gasteiger partial charge in [0.2, 0.25) is 0 Å². The summed E-state index contributed by atoms with van der Waals surface area (Å²) < 4.78 is 0. The van der Waals surface area contributed by atoms with Crippen molar-refractivity contribution in [3.63, 3.8) is 0 Å². The van der Waals surface area contributed by atoms with Gasteiger partial charge in [-0.1, -0.05) is 25.5 Å². The number of benzene rings is 1. The van der Waals surface area contributed by atoms with E-state index in [0.29, 0.717) is 5.25 Å². The Morgan fingerprint density at radius 1 is 1.24 bits per heavy atom. The molecule has 116 valence electrons. The first-order valence-corrected chi connectivity index (χ1v) is 8.63. The fraction of sp³-hybridized carbons (Fsp3) is 0.588. The molecule has 0 spiro atoms. The fourth-order valence-electron chi connectivity index (χ4n) is 2.65. The molecule has 3 nitrogen and oxygen atoms in total. The molecule has 4 heteroatoms. The molecule has 1 fully saturated rings. The predicted molar refractivity (Wildman–Crippen MR) is 90.4 cm³/mol. The molecule has 0 bridgehead atoms. The third-order valence-corrected chi connectivity index (χ3v) is 4.92. The minimum Gasteiger partial charge on any atom is -0.314 e. The minimum atomic E-state index is -0.0413. The van der Waals surface area contributed by atoms with Crippen molar-refractivity contribution < 1.29 is 4.79 Å². The molecule has 1 heterocycles. The van der Waals surface area contributed by atoms with Crippen LogP contribution in [0.4, 0.5) is 0 Å². The van der Waals surface area contributed by atoms with E-state index in [2.05, 4.69) is 43.1 Å². The molecule has 1 saturated heterocycles. The lowest BCUT2D eigenvalue weighted by Gasteiger charge is -2.32. The average molecular weight is 306 g/mol. The molecule has 21 heavy (non-hydrogen) atoms. The number of aryl methyl sites for hydroxylation is 1. The van der Waals surface area contributed by atoms with Crippen LogP contribution >= 0.6 is 11.8 Å². The predicted octanol–water partition coefficient (Wildman–Crippen LogP) is 2.97. The molecule has 0 aromatic heterocycles. The van der Waals surface area contributed by atoms with E-state index in [0.717, 1.165) is 42.2 Å². The Labute approximate surface area is 132 Å². The highest BCUT2D eigenvalue weighted by Crippen LogP contribution is 2.29. The van der Waals surface area contributed by atoms with E-state index in [1.165, 1.54) is 0 Å². The van der Waals surface area contributed by atoms with Gasteiger partial charge >= 0.3 is 0 Å². The number of hydrogen-bond donors (Lipinski definition) is 1. The molecule has 1 unspecified atom stereocenters. The first-order chi connectivity index (χ1) is 9.99. The van der Waals surface area contributed by atoms with Crippen LogP contribution in [-0.2, 0) is 0 Å². The average Bonchev–Trinajstić information content (AvgIpc) is 2.48. The lowest BCUT2D eigenvalue weighted by molar-refractivity contribution is 0.0817. The van der Waals surface area contributed by atoms with Gasteiger partial charge in [0.15, 0.2) is 5.78 Å². The lowest BCUT2D eigenvalue weighted by Crippen LogP contribution is -2.50. The first kappa shape index (κ1) is 16.5. The Hall–Kier alpha value is -0.840. The van der Waals surface area contributed by atoms with E-state index in [4.69, 9.17) is 0 Å². The molecule has 1 aliphatic heterocycles. The summed E-state index contributed by atoms with van der Waals surface area (Å²) in [4.78, 5) is 16.3. The number of carbonyl (C=O) groups is 1. The molecule has 0 amide bonds. The smallest absolute Gasteiger partial charge is 0.180 e. The van der Waals surface area contributed by atoms with Crippen molar-refractivity contribution >= 4 is 17.5 Å². The normalized spacial score (nSPS) is 18.0. The van der Waals surface area contributed by atoms with Gasteiger partial charge in [-0.2, -0.15) is 0 Å². The lowest BCUT2D eigenvalue weighted by atomic mass is 10.0. The van der Waals surface area contributed by atoms with Crippen LogP contribution in [-0.4, -0.2) is 48.2 Å². The van der Waals surface area contributed by atoms with Gasteiger partial charge in [0.25, 0.3) is 0 Å². The van der Waals surface area contributed by atoms with Crippen LogP contribution in [0.2, 0.25) is 0 Å². The maximum Gasteiger partial charge on any atom is 0.180 e. The third-order valence-electron chi connectivity index (χ3n) is 3.84. The number of thioether (sulfide) groups is 1. The Bertz CT molecular complexity index is 496. The van der Waals surface area contributed by atoms with Gasteiger partial charge in [-0.25, -0.2) is 0 Å². The van der Waals surface area contributed by atoms with E-state index in [9.17, 15) is 4.79 Å². The Balaban J connectivity index is 2.22. The van der Waals surface area contributed by atoms with Crippen molar-refractivity contribution in [1.82, 2.24) is 10.2 Å². The Morgan fingerprint density at radius 2 is 1.90 bits per heavy atom. The number of rotatable bonds is 5. The highest BCUT2D eigenvalue weighted by atomic mass is 32.2. The Morgan fingerprint density at radius 3 is 2.52 bits per heavy atom. The van der Waals surface area contributed by atoms with E-state index in [1.807, 2.05) is 13.0 Å². The van der Waals surface area contributed by atoms with Gasteiger partial charge in [-0.05, 0) is 26.0 Å². The Kier molecular flexibility index (Phi) is 5.85. The summed E-state index contributed by atoms with van der Waals surface area (Å²) in [6, 6.07) is 6.20. The van der Waals surface area contributed by atoms with Crippen LogP contribution in [0.15, 0.2) is 23.1 Å². The number of ketones is 1. The third kappa shape index (κ3) is 4.31. The van der Waals surface area contributed by atoms with Crippen molar-refractivity contribution in [2.24, 2.45) is 0 Å². The monoisotopic (exact) mass is 306 g/mol. The number of hydrogen-bond acceptors (Lipinski definition) is 4. The van der Waals surface area contributed by atoms with Crippen LogP contribution < -0.4 is 5.32 Å². The number of nitrogens with zero attached hydrogens (tertiary/aromatic N) is 1. The van der Waals surface area contributed by atoms with Gasteiger partial charge < -0.3 is 5.32 Å². The van der Waals surface area contributed by atoms with Crippen molar-refractivity contribution in [2.75, 3.05) is 26.2 Å². The summed E-state index contributed by atoms with van der Waals surface area (Å²) in [5, 5.41) is 3.82. The van der Waals surface area contributed by atoms with Gasteiger partial charge in [-0.15, -0.1) is 11.8 Å². The molecule has 0 radical (unpaired) electrons. The van der Waals surface area contributed by atoms with Gasteiger partial charge in [0.1, 0.15) is 0 Å². The van der Waals surface area contributed by atoms with Crippen LogP contribution in [0.25, 0.3) is 0 Å². The quantitative estimate of drug-likeness (QED) is 0.669. The summed E-state index contributed by atoms with van der Waals surface area (Å²) in [5.74, 6) is 0.253. The SMILES string of the molecule is Cc1ccc(SC(C)C)c(C(=O)C(C)N2CCNCC2)c1. The number of nitrogens with one attached hydrogen (secondary N) is 1. The minimum absolute atomic E-state index is 0.0413. The van der Waals surface area contributed by atoms with E-state index in [1.54, 1.807) is 11.8 Å². The summed E-state index contributed by atoms with van der Waals surface area (Å²) in [6.45, 7) is 12.3. The molecule has 2 rings (SSSR count). The van der Waals surface area contributed by atoms with Gasteiger partial charge in [0, 0.05) is 41.9 Å². The molecule has 1 aliphatic rings. The molecule has 1 atom stereocenters. The first-order valence-electron chi connectivity index (χ1n) is 7.75. The zero-order valence-electron chi connectivity index (χ0n) is 13.5. The number of carbonyl (C=O) groups excluding carboxylic acids is 1. The summed E-state index contributed by atoms with van der Waals surface area (Å²) >= 11 is 1.77. The summed E-state index contributed by atoms with van der Waals surface area (Å²) in [7, 11) is 0. The standard InChI is InChI=1S/C17H26N2OS/c1-12(2)21-16-6-5-13(3)11-15(16)17(20)14(4)19-9-7-18-8-10-19/h5-6,11-12,14,18H,7-10H2,1-4H3. The van der Waals surface area contributed by atoms with Crippen molar-refractivity contribution in [1.29, 1.82) is 0 Å². The molecule has 0 saturated carbocycles. The summed E-state index contributed by atoms with van der Waals surface area (Å²) in [6.07, 6.45) is 0. The topological polar surface area (TPSA) is 32.3 Å². The second kappa shape index (κ2) is 7.43. The zero-order chi connectivity index (χ0) is 15.4. The molecule has 1 aromatic carbocycles. The van der Waals surface area contributed by atoms with E-state index >= 15 is 0 Å². The van der Waals surface area contributed by atoms with Crippen LogP contribution in [0.1, 0.15) is 36.7 Å². The second-order valence-electron chi connectivity index (χ2n) is 5.99. The van der Waals surface area contributed by atoms with Crippen molar-refractivity contribution in [2.45, 2.75) is 43.9 Å². The number of piperazine rings is 1.